The number of halogens is 3. The molecule has 0 saturated carbocycles. The van der Waals surface area contributed by atoms with Crippen LogP contribution in [0.15, 0.2) is 18.2 Å². The Balaban J connectivity index is 0.00000289. The molecular formula is C12H17Cl3N2O. The fraction of sp³-hybridized carbons (Fsp3) is 0.417. The summed E-state index contributed by atoms with van der Waals surface area (Å²) in [6.45, 7) is 3.66. The summed E-state index contributed by atoms with van der Waals surface area (Å²) in [6.07, 6.45) is 0.301. The average molecular weight is 312 g/mol. The van der Waals surface area contributed by atoms with E-state index in [0.29, 0.717) is 16.5 Å². The molecule has 2 unspecified atom stereocenters. The van der Waals surface area contributed by atoms with Gasteiger partial charge in [0.15, 0.2) is 0 Å². The van der Waals surface area contributed by atoms with E-state index in [2.05, 4.69) is 5.32 Å². The SMILES string of the molecule is CC(N)CC(=O)NC(C)c1ccc(Cl)cc1Cl.Cl. The molecular weight excluding hydrogens is 295 g/mol. The van der Waals surface area contributed by atoms with E-state index >= 15 is 0 Å². The van der Waals surface area contributed by atoms with Gasteiger partial charge in [-0.2, -0.15) is 0 Å². The van der Waals surface area contributed by atoms with Crippen LogP contribution in [-0.4, -0.2) is 11.9 Å². The van der Waals surface area contributed by atoms with Gasteiger partial charge in [0.2, 0.25) is 5.91 Å². The molecule has 102 valence electrons. The molecule has 6 heteroatoms. The van der Waals surface area contributed by atoms with Crippen LogP contribution in [0.4, 0.5) is 0 Å². The first-order valence-electron chi connectivity index (χ1n) is 5.40. The molecule has 0 radical (unpaired) electrons. The Morgan fingerprint density at radius 2 is 2.00 bits per heavy atom. The van der Waals surface area contributed by atoms with Gasteiger partial charge >= 0.3 is 0 Å². The number of carbonyl (C=O) groups excluding carboxylic acids is 1. The summed E-state index contributed by atoms with van der Waals surface area (Å²) in [5, 5.41) is 3.97. The minimum atomic E-state index is -0.161. The van der Waals surface area contributed by atoms with E-state index in [9.17, 15) is 4.79 Å². The standard InChI is InChI=1S/C12H16Cl2N2O.ClH/c1-7(15)5-12(17)16-8(2)10-4-3-9(13)6-11(10)14;/h3-4,6-8H,5,15H2,1-2H3,(H,16,17);1H. The summed E-state index contributed by atoms with van der Waals surface area (Å²) in [7, 11) is 0. The number of hydrogen-bond acceptors (Lipinski definition) is 2. The Hall–Kier alpha value is -0.480. The first kappa shape index (κ1) is 17.5. The molecule has 0 aliphatic heterocycles. The van der Waals surface area contributed by atoms with E-state index in [0.717, 1.165) is 5.56 Å². The zero-order valence-electron chi connectivity index (χ0n) is 10.2. The Kier molecular flexibility index (Phi) is 7.64. The highest BCUT2D eigenvalue weighted by Crippen LogP contribution is 2.26. The van der Waals surface area contributed by atoms with Crippen molar-refractivity contribution in [3.05, 3.63) is 33.8 Å². The average Bonchev–Trinajstić information content (AvgIpc) is 2.15. The topological polar surface area (TPSA) is 55.1 Å². The van der Waals surface area contributed by atoms with Gasteiger partial charge in [0.25, 0.3) is 0 Å². The minimum absolute atomic E-state index is 0. The molecule has 0 heterocycles. The van der Waals surface area contributed by atoms with Crippen molar-refractivity contribution in [3.63, 3.8) is 0 Å². The molecule has 2 atom stereocenters. The number of nitrogens with one attached hydrogen (secondary N) is 1. The maximum atomic E-state index is 11.6. The van der Waals surface area contributed by atoms with Crippen LogP contribution in [0.1, 0.15) is 31.9 Å². The second-order valence-electron chi connectivity index (χ2n) is 4.14. The van der Waals surface area contributed by atoms with Crippen LogP contribution in [0.2, 0.25) is 10.0 Å². The van der Waals surface area contributed by atoms with Gasteiger partial charge < -0.3 is 11.1 Å². The number of benzene rings is 1. The minimum Gasteiger partial charge on any atom is -0.349 e. The van der Waals surface area contributed by atoms with Crippen LogP contribution in [-0.2, 0) is 4.79 Å². The second kappa shape index (κ2) is 7.85. The van der Waals surface area contributed by atoms with Crippen molar-refractivity contribution in [2.24, 2.45) is 5.73 Å². The highest BCUT2D eigenvalue weighted by molar-refractivity contribution is 6.35. The summed E-state index contributed by atoms with van der Waals surface area (Å²) in [4.78, 5) is 11.6. The Labute approximate surface area is 123 Å². The first-order chi connectivity index (χ1) is 7.90. The van der Waals surface area contributed by atoms with Gasteiger partial charge in [0.05, 0.1) is 6.04 Å². The van der Waals surface area contributed by atoms with E-state index in [-0.39, 0.29) is 30.4 Å². The van der Waals surface area contributed by atoms with Gasteiger partial charge in [0, 0.05) is 22.5 Å². The maximum absolute atomic E-state index is 11.6. The fourth-order valence-electron chi connectivity index (χ4n) is 1.52. The Morgan fingerprint density at radius 3 is 2.50 bits per heavy atom. The predicted molar refractivity (Wildman–Crippen MR) is 78.5 cm³/mol. The third-order valence-electron chi connectivity index (χ3n) is 2.31. The zero-order valence-corrected chi connectivity index (χ0v) is 12.6. The van der Waals surface area contributed by atoms with Crippen LogP contribution in [0.3, 0.4) is 0 Å². The number of amides is 1. The Bertz CT molecular complexity index is 410. The maximum Gasteiger partial charge on any atom is 0.222 e. The molecule has 0 spiro atoms. The normalized spacial score (nSPS) is 13.4. The van der Waals surface area contributed by atoms with E-state index < -0.39 is 0 Å². The first-order valence-corrected chi connectivity index (χ1v) is 6.15. The summed E-state index contributed by atoms with van der Waals surface area (Å²) in [5.74, 6) is -0.0847. The fourth-order valence-corrected chi connectivity index (χ4v) is 2.10. The van der Waals surface area contributed by atoms with Gasteiger partial charge in [0.1, 0.15) is 0 Å². The summed E-state index contributed by atoms with van der Waals surface area (Å²) >= 11 is 11.9. The summed E-state index contributed by atoms with van der Waals surface area (Å²) in [6, 6.07) is 4.90. The van der Waals surface area contributed by atoms with E-state index in [1.165, 1.54) is 0 Å². The van der Waals surface area contributed by atoms with Crippen molar-refractivity contribution in [3.8, 4) is 0 Å². The molecule has 1 aromatic carbocycles. The Morgan fingerprint density at radius 1 is 1.39 bits per heavy atom. The molecule has 0 bridgehead atoms. The van der Waals surface area contributed by atoms with Gasteiger partial charge in [-0.05, 0) is 31.5 Å². The summed E-state index contributed by atoms with van der Waals surface area (Å²) < 4.78 is 0. The van der Waals surface area contributed by atoms with Crippen molar-refractivity contribution in [2.45, 2.75) is 32.4 Å². The third-order valence-corrected chi connectivity index (χ3v) is 2.88. The highest BCUT2D eigenvalue weighted by atomic mass is 35.5. The van der Waals surface area contributed by atoms with Gasteiger partial charge in [-0.1, -0.05) is 29.3 Å². The lowest BCUT2D eigenvalue weighted by atomic mass is 10.1. The lowest BCUT2D eigenvalue weighted by molar-refractivity contribution is -0.121. The highest BCUT2D eigenvalue weighted by Gasteiger charge is 2.13. The second-order valence-corrected chi connectivity index (χ2v) is 4.98. The molecule has 0 aliphatic carbocycles. The van der Waals surface area contributed by atoms with Crippen LogP contribution in [0.25, 0.3) is 0 Å². The van der Waals surface area contributed by atoms with Crippen molar-refractivity contribution in [2.75, 3.05) is 0 Å². The lowest BCUT2D eigenvalue weighted by Crippen LogP contribution is -2.31. The number of nitrogens with two attached hydrogens (primary N) is 1. The molecule has 1 aromatic rings. The molecule has 1 rings (SSSR count). The quantitative estimate of drug-likeness (QED) is 0.896. The van der Waals surface area contributed by atoms with Crippen molar-refractivity contribution in [1.82, 2.24) is 5.32 Å². The number of carbonyl (C=O) groups is 1. The molecule has 0 aliphatic rings. The van der Waals surface area contributed by atoms with Crippen molar-refractivity contribution in [1.29, 1.82) is 0 Å². The van der Waals surface area contributed by atoms with E-state index in [1.807, 2.05) is 13.0 Å². The molecule has 0 aromatic heterocycles. The number of rotatable bonds is 4. The number of hydrogen-bond donors (Lipinski definition) is 2. The molecule has 18 heavy (non-hydrogen) atoms. The lowest BCUT2D eigenvalue weighted by Gasteiger charge is -2.16. The van der Waals surface area contributed by atoms with E-state index in [4.69, 9.17) is 28.9 Å². The monoisotopic (exact) mass is 310 g/mol. The van der Waals surface area contributed by atoms with Crippen LogP contribution in [0.5, 0.6) is 0 Å². The van der Waals surface area contributed by atoms with Crippen molar-refractivity contribution < 1.29 is 4.79 Å². The largest absolute Gasteiger partial charge is 0.349 e. The zero-order chi connectivity index (χ0) is 13.0. The van der Waals surface area contributed by atoms with Gasteiger partial charge in [-0.3, -0.25) is 4.79 Å². The van der Waals surface area contributed by atoms with Gasteiger partial charge in [-0.25, -0.2) is 0 Å². The van der Waals surface area contributed by atoms with Crippen LogP contribution >= 0.6 is 35.6 Å². The van der Waals surface area contributed by atoms with Crippen molar-refractivity contribution >= 4 is 41.5 Å². The summed E-state index contributed by atoms with van der Waals surface area (Å²) in [5.41, 5.74) is 6.39. The molecule has 1 amide bonds. The van der Waals surface area contributed by atoms with Crippen LogP contribution < -0.4 is 11.1 Å². The molecule has 3 nitrogen and oxygen atoms in total. The van der Waals surface area contributed by atoms with E-state index in [1.54, 1.807) is 19.1 Å². The molecule has 3 N–H and O–H groups in total. The molecule has 0 fully saturated rings. The van der Waals surface area contributed by atoms with Crippen LogP contribution in [0, 0.1) is 0 Å². The third kappa shape index (κ3) is 5.44. The molecule has 0 saturated heterocycles. The van der Waals surface area contributed by atoms with Gasteiger partial charge in [-0.15, -0.1) is 12.4 Å². The smallest absolute Gasteiger partial charge is 0.222 e. The predicted octanol–water partition coefficient (Wildman–Crippen LogP) is 3.33.